The first-order valence-corrected chi connectivity index (χ1v) is 7.70. The largest absolute Gasteiger partial charge is 0.356 e. The highest BCUT2D eigenvalue weighted by Gasteiger charge is 2.09. The van der Waals surface area contributed by atoms with Crippen molar-refractivity contribution in [2.75, 3.05) is 6.54 Å². The van der Waals surface area contributed by atoms with Gasteiger partial charge in [-0.25, -0.2) is 4.98 Å². The van der Waals surface area contributed by atoms with Gasteiger partial charge < -0.3 is 5.32 Å². The molecule has 0 saturated carbocycles. The fraction of sp³-hybridized carbons (Fsp3) is 0.375. The first-order valence-electron chi connectivity index (χ1n) is 6.88. The third kappa shape index (κ3) is 4.46. The zero-order valence-corrected chi connectivity index (χ0v) is 12.8. The molecule has 0 radical (unpaired) electrons. The van der Waals surface area contributed by atoms with Gasteiger partial charge in [0.25, 0.3) is 0 Å². The molecule has 0 unspecified atom stereocenters. The van der Waals surface area contributed by atoms with E-state index in [2.05, 4.69) is 22.4 Å². The summed E-state index contributed by atoms with van der Waals surface area (Å²) in [6.07, 6.45) is 2.42. The lowest BCUT2D eigenvalue weighted by molar-refractivity contribution is -0.120. The van der Waals surface area contributed by atoms with E-state index in [1.54, 1.807) is 11.3 Å². The Morgan fingerprint density at radius 1 is 1.25 bits per heavy atom. The molecule has 3 nitrogen and oxygen atoms in total. The number of amides is 1. The standard InChI is InChI=1S/C16H20N2OS/c1-12-15(20-13(2)18-12)11-16(19)17-10-6-9-14-7-4-3-5-8-14/h3-5,7-8H,6,9-11H2,1-2H3,(H,17,19). The van der Waals surface area contributed by atoms with Crippen molar-refractivity contribution in [3.63, 3.8) is 0 Å². The van der Waals surface area contributed by atoms with Crippen molar-refractivity contribution in [2.24, 2.45) is 0 Å². The number of aryl methyl sites for hydroxylation is 3. The van der Waals surface area contributed by atoms with E-state index in [-0.39, 0.29) is 5.91 Å². The van der Waals surface area contributed by atoms with Gasteiger partial charge in [0.2, 0.25) is 5.91 Å². The Labute approximate surface area is 124 Å². The number of rotatable bonds is 6. The van der Waals surface area contributed by atoms with Gasteiger partial charge >= 0.3 is 0 Å². The Bertz CT molecular complexity index is 563. The van der Waals surface area contributed by atoms with Gasteiger partial charge in [-0.15, -0.1) is 11.3 Å². The number of hydrogen-bond acceptors (Lipinski definition) is 3. The maximum absolute atomic E-state index is 11.9. The Hall–Kier alpha value is -1.68. The minimum absolute atomic E-state index is 0.0878. The average molecular weight is 288 g/mol. The van der Waals surface area contributed by atoms with E-state index >= 15 is 0 Å². The van der Waals surface area contributed by atoms with Crippen LogP contribution in [0.5, 0.6) is 0 Å². The second-order valence-corrected chi connectivity index (χ2v) is 6.15. The summed E-state index contributed by atoms with van der Waals surface area (Å²) in [5.74, 6) is 0.0878. The van der Waals surface area contributed by atoms with Gasteiger partial charge in [0.15, 0.2) is 0 Å². The van der Waals surface area contributed by atoms with E-state index in [1.807, 2.05) is 32.0 Å². The third-order valence-corrected chi connectivity index (χ3v) is 4.20. The number of carbonyl (C=O) groups is 1. The van der Waals surface area contributed by atoms with Crippen molar-refractivity contribution in [3.05, 3.63) is 51.5 Å². The number of hydrogen-bond donors (Lipinski definition) is 1. The smallest absolute Gasteiger partial charge is 0.225 e. The third-order valence-electron chi connectivity index (χ3n) is 3.13. The van der Waals surface area contributed by atoms with Crippen LogP contribution in [0.15, 0.2) is 30.3 Å². The molecule has 1 heterocycles. The van der Waals surface area contributed by atoms with Crippen LogP contribution in [0.25, 0.3) is 0 Å². The summed E-state index contributed by atoms with van der Waals surface area (Å²) in [5, 5.41) is 4.00. The van der Waals surface area contributed by atoms with Crippen LogP contribution in [0.3, 0.4) is 0 Å². The number of nitrogens with one attached hydrogen (secondary N) is 1. The second-order valence-electron chi connectivity index (χ2n) is 4.86. The molecule has 106 valence electrons. The maximum atomic E-state index is 11.9. The Morgan fingerprint density at radius 2 is 2.00 bits per heavy atom. The predicted octanol–water partition coefficient (Wildman–Crippen LogP) is 3.05. The molecule has 0 aliphatic carbocycles. The fourth-order valence-electron chi connectivity index (χ4n) is 2.11. The molecule has 1 aromatic heterocycles. The molecule has 0 aliphatic rings. The van der Waals surface area contributed by atoms with Crippen molar-refractivity contribution in [1.29, 1.82) is 0 Å². The first kappa shape index (κ1) is 14.7. The Kier molecular flexibility index (Phi) is 5.30. The van der Waals surface area contributed by atoms with E-state index in [0.717, 1.165) is 35.0 Å². The molecule has 4 heteroatoms. The highest BCUT2D eigenvalue weighted by Crippen LogP contribution is 2.17. The summed E-state index contributed by atoms with van der Waals surface area (Å²) >= 11 is 1.61. The highest BCUT2D eigenvalue weighted by molar-refractivity contribution is 7.11. The molecule has 2 rings (SSSR count). The highest BCUT2D eigenvalue weighted by atomic mass is 32.1. The van der Waals surface area contributed by atoms with Gasteiger partial charge in [-0.05, 0) is 32.3 Å². The van der Waals surface area contributed by atoms with Crippen molar-refractivity contribution < 1.29 is 4.79 Å². The molecule has 1 N–H and O–H groups in total. The molecule has 20 heavy (non-hydrogen) atoms. The van der Waals surface area contributed by atoms with E-state index in [0.29, 0.717) is 6.42 Å². The monoisotopic (exact) mass is 288 g/mol. The predicted molar refractivity (Wildman–Crippen MR) is 83.1 cm³/mol. The van der Waals surface area contributed by atoms with E-state index in [4.69, 9.17) is 0 Å². The van der Waals surface area contributed by atoms with Crippen LogP contribution in [0, 0.1) is 13.8 Å². The average Bonchev–Trinajstić information content (AvgIpc) is 2.74. The minimum Gasteiger partial charge on any atom is -0.356 e. The zero-order chi connectivity index (χ0) is 14.4. The van der Waals surface area contributed by atoms with E-state index in [1.165, 1.54) is 5.56 Å². The first-order chi connectivity index (χ1) is 9.65. The fourth-order valence-corrected chi connectivity index (χ4v) is 3.05. The quantitative estimate of drug-likeness (QED) is 0.830. The summed E-state index contributed by atoms with van der Waals surface area (Å²) in [4.78, 5) is 17.3. The van der Waals surface area contributed by atoms with Crippen LogP contribution in [-0.2, 0) is 17.6 Å². The topological polar surface area (TPSA) is 42.0 Å². The van der Waals surface area contributed by atoms with Crippen LogP contribution >= 0.6 is 11.3 Å². The molecule has 0 atom stereocenters. The maximum Gasteiger partial charge on any atom is 0.225 e. The number of thiazole rings is 1. The molecule has 0 aliphatic heterocycles. The van der Waals surface area contributed by atoms with Crippen LogP contribution in [0.1, 0.15) is 27.6 Å². The molecular formula is C16H20N2OS. The Morgan fingerprint density at radius 3 is 2.65 bits per heavy atom. The number of carbonyl (C=O) groups excluding carboxylic acids is 1. The van der Waals surface area contributed by atoms with Crippen molar-refractivity contribution in [2.45, 2.75) is 33.1 Å². The number of nitrogens with zero attached hydrogens (tertiary/aromatic N) is 1. The number of benzene rings is 1. The lowest BCUT2D eigenvalue weighted by Gasteiger charge is -2.05. The van der Waals surface area contributed by atoms with Crippen LogP contribution in [0.2, 0.25) is 0 Å². The van der Waals surface area contributed by atoms with Crippen molar-refractivity contribution in [3.8, 4) is 0 Å². The van der Waals surface area contributed by atoms with Crippen LogP contribution in [-0.4, -0.2) is 17.4 Å². The molecule has 2 aromatic rings. The van der Waals surface area contributed by atoms with E-state index < -0.39 is 0 Å². The number of aromatic nitrogens is 1. The van der Waals surface area contributed by atoms with Gasteiger partial charge in [-0.1, -0.05) is 30.3 Å². The lowest BCUT2D eigenvalue weighted by Crippen LogP contribution is -2.26. The lowest BCUT2D eigenvalue weighted by atomic mass is 10.1. The van der Waals surface area contributed by atoms with Gasteiger partial charge in [0.05, 0.1) is 17.1 Å². The molecule has 1 aromatic carbocycles. The molecule has 0 spiro atoms. The minimum atomic E-state index is 0.0878. The Balaban J connectivity index is 1.69. The summed E-state index contributed by atoms with van der Waals surface area (Å²) in [5.41, 5.74) is 2.29. The summed E-state index contributed by atoms with van der Waals surface area (Å²) in [6.45, 7) is 4.66. The van der Waals surface area contributed by atoms with Crippen LogP contribution in [0.4, 0.5) is 0 Å². The van der Waals surface area contributed by atoms with Gasteiger partial charge in [-0.2, -0.15) is 0 Å². The molecular weight excluding hydrogens is 268 g/mol. The van der Waals surface area contributed by atoms with Gasteiger partial charge in [-0.3, -0.25) is 4.79 Å². The molecule has 1 amide bonds. The zero-order valence-electron chi connectivity index (χ0n) is 12.0. The summed E-state index contributed by atoms with van der Waals surface area (Å²) in [7, 11) is 0. The molecule has 0 fully saturated rings. The molecule has 0 saturated heterocycles. The summed E-state index contributed by atoms with van der Waals surface area (Å²) in [6, 6.07) is 10.3. The second kappa shape index (κ2) is 7.20. The van der Waals surface area contributed by atoms with Gasteiger partial charge in [0, 0.05) is 11.4 Å². The normalized spacial score (nSPS) is 10.5. The van der Waals surface area contributed by atoms with E-state index in [9.17, 15) is 4.79 Å². The van der Waals surface area contributed by atoms with Gasteiger partial charge in [0.1, 0.15) is 0 Å². The van der Waals surface area contributed by atoms with Crippen molar-refractivity contribution >= 4 is 17.2 Å². The SMILES string of the molecule is Cc1nc(C)c(CC(=O)NCCCc2ccccc2)s1. The summed E-state index contributed by atoms with van der Waals surface area (Å²) < 4.78 is 0. The van der Waals surface area contributed by atoms with Crippen molar-refractivity contribution in [1.82, 2.24) is 10.3 Å². The molecule has 0 bridgehead atoms. The van der Waals surface area contributed by atoms with Crippen LogP contribution < -0.4 is 5.32 Å².